The number of rotatable bonds is 9. The Labute approximate surface area is 339 Å². The Balaban J connectivity index is 0.000000156. The molecule has 3 aromatic carbocycles. The first kappa shape index (κ1) is 42.9. The molecule has 0 spiro atoms. The third-order valence-corrected chi connectivity index (χ3v) is 7.77. The molecule has 21 heteroatoms. The summed E-state index contributed by atoms with van der Waals surface area (Å²) in [5.74, 6) is 2.73. The van der Waals surface area contributed by atoms with Crippen molar-refractivity contribution >= 4 is 68.7 Å². The van der Waals surface area contributed by atoms with Crippen LogP contribution in [0.15, 0.2) is 103 Å². The lowest BCUT2D eigenvalue weighted by Crippen LogP contribution is -2.18. The zero-order valence-corrected chi connectivity index (χ0v) is 33.0. The van der Waals surface area contributed by atoms with Gasteiger partial charge in [-0.1, -0.05) is 41.6 Å². The zero-order chi connectivity index (χ0) is 43.3. The maximum Gasteiger partial charge on any atom is 0.358 e. The highest BCUT2D eigenvalue weighted by Crippen LogP contribution is 2.21. The van der Waals surface area contributed by atoms with Crippen molar-refractivity contribution in [2.75, 3.05) is 26.8 Å². The number of ketones is 1. The van der Waals surface area contributed by atoms with Gasteiger partial charge >= 0.3 is 36.0 Å². The zero-order valence-electron chi connectivity index (χ0n) is 33.0. The Kier molecular flexibility index (Phi) is 14.2. The second-order valence-corrected chi connectivity index (χ2v) is 12.1. The second-order valence-electron chi connectivity index (χ2n) is 12.1. The van der Waals surface area contributed by atoms with Crippen LogP contribution >= 0.6 is 0 Å². The van der Waals surface area contributed by atoms with E-state index in [1.165, 1.54) is 43.7 Å². The van der Waals surface area contributed by atoms with E-state index in [9.17, 15) is 19.2 Å². The summed E-state index contributed by atoms with van der Waals surface area (Å²) in [4.78, 5) is 60.7. The number of carbonyl (C=O) groups excluding carboxylic acids is 3. The van der Waals surface area contributed by atoms with Gasteiger partial charge in [-0.3, -0.25) is 10.2 Å². The standard InChI is InChI=1S/C13H11N3O3.C12H9N3O3.C7H7N3O.C7H11NO4/c1-8-7-10(12(17)18-2)15-16(8)13-14-9-5-3-4-6-11(9)19-13;1-7-6-9(11(16)17)14-15(7)12-13-8-4-2-3-5-10(8)18-12;8-10-7-9-5-3-1-2-4-6(5)11-7;1-5(9)4-6(8-12-3)7(10)11-2/h3-7H,1-2H3;2-6H,1H3,(H,16,17);1-4H,8H2,(H,9,10);4H2,1-3H3/b;;;8-6+. The molecule has 310 valence electrons. The summed E-state index contributed by atoms with van der Waals surface area (Å²) >= 11 is 0. The van der Waals surface area contributed by atoms with Gasteiger partial charge in [-0.05, 0) is 69.3 Å². The van der Waals surface area contributed by atoms with Gasteiger partial charge < -0.3 is 32.7 Å². The number of Topliss-reactive ketones (excluding diaryl/α,β-unsaturated/α-hetero) is 1. The average Bonchev–Trinajstić information content (AvgIpc) is 4.09. The number of ether oxygens (including phenoxy) is 2. The van der Waals surface area contributed by atoms with Crippen molar-refractivity contribution in [2.24, 2.45) is 11.0 Å². The molecule has 8 rings (SSSR count). The van der Waals surface area contributed by atoms with Crippen LogP contribution in [0, 0.1) is 13.8 Å². The number of para-hydroxylation sites is 6. The van der Waals surface area contributed by atoms with E-state index < -0.39 is 17.9 Å². The Morgan fingerprint density at radius 3 is 1.58 bits per heavy atom. The van der Waals surface area contributed by atoms with Crippen LogP contribution in [0.4, 0.5) is 6.01 Å². The van der Waals surface area contributed by atoms with Crippen molar-refractivity contribution in [2.45, 2.75) is 27.2 Å². The molecule has 4 N–H and O–H groups in total. The van der Waals surface area contributed by atoms with Gasteiger partial charge in [-0.25, -0.2) is 20.2 Å². The van der Waals surface area contributed by atoms with Crippen molar-refractivity contribution in [1.29, 1.82) is 0 Å². The van der Waals surface area contributed by atoms with Crippen molar-refractivity contribution in [1.82, 2.24) is 34.5 Å². The van der Waals surface area contributed by atoms with Crippen LogP contribution in [0.3, 0.4) is 0 Å². The van der Waals surface area contributed by atoms with Gasteiger partial charge in [0.1, 0.15) is 29.4 Å². The number of oxime groups is 1. The molecule has 0 fully saturated rings. The van der Waals surface area contributed by atoms with E-state index in [0.29, 0.717) is 34.4 Å². The number of hydrogen-bond acceptors (Lipinski definition) is 18. The molecule has 5 aromatic heterocycles. The first-order valence-corrected chi connectivity index (χ1v) is 17.5. The van der Waals surface area contributed by atoms with Gasteiger partial charge in [-0.15, -0.1) is 0 Å². The van der Waals surface area contributed by atoms with Gasteiger partial charge in [0.15, 0.2) is 33.8 Å². The number of carbonyl (C=O) groups is 4. The van der Waals surface area contributed by atoms with Crippen molar-refractivity contribution in [3.05, 3.63) is 108 Å². The normalized spacial score (nSPS) is 10.8. The maximum absolute atomic E-state index is 11.4. The number of anilines is 1. The molecule has 0 radical (unpaired) electrons. The number of esters is 2. The minimum absolute atomic E-state index is 0.0208. The number of fused-ring (bicyclic) bond motifs is 3. The smallest absolute Gasteiger partial charge is 0.358 e. The first-order chi connectivity index (χ1) is 28.8. The number of aromatic nitrogens is 7. The molecule has 60 heavy (non-hydrogen) atoms. The number of aromatic carboxylic acids is 1. The molecule has 0 unspecified atom stereocenters. The number of benzene rings is 3. The quantitative estimate of drug-likeness (QED) is 0.0712. The predicted octanol–water partition coefficient (Wildman–Crippen LogP) is 5.38. The third kappa shape index (κ3) is 10.6. The minimum Gasteiger partial charge on any atom is -0.476 e. The van der Waals surface area contributed by atoms with Crippen LogP contribution in [0.25, 0.3) is 45.3 Å². The number of methoxy groups -OCH3 is 2. The fourth-order valence-corrected chi connectivity index (χ4v) is 5.09. The molecule has 8 aromatic rings. The third-order valence-electron chi connectivity index (χ3n) is 7.77. The SMILES string of the molecule is CO/N=C(\CC(C)=O)C(=O)OC.COC(=O)c1cc(C)n(-c2nc3ccccc3o2)n1.Cc1cc(C(=O)O)nn1-c1nc2ccccc2o1.NNc1nc2ccccc2o1. The first-order valence-electron chi connectivity index (χ1n) is 17.5. The van der Waals surface area contributed by atoms with Crippen LogP contribution in [-0.4, -0.2) is 90.4 Å². The summed E-state index contributed by atoms with van der Waals surface area (Å²) in [6.07, 6.45) is -0.0689. The molecule has 0 saturated carbocycles. The highest BCUT2D eigenvalue weighted by atomic mass is 16.6. The number of oxazole rings is 3. The molecule has 0 amide bonds. The topological polar surface area (TPSA) is 280 Å². The fraction of sp³-hybridized carbons (Fsp3) is 0.179. The summed E-state index contributed by atoms with van der Waals surface area (Å²) in [5.41, 5.74) is 8.21. The second kappa shape index (κ2) is 19.8. The number of nitrogens with one attached hydrogen (secondary N) is 1. The summed E-state index contributed by atoms with van der Waals surface area (Å²) in [6.45, 7) is 4.91. The number of nitrogen functional groups attached to an aromatic ring is 1. The molecule has 0 aliphatic carbocycles. The molecular formula is C39H38N10O11. The monoisotopic (exact) mass is 822 g/mol. The van der Waals surface area contributed by atoms with E-state index in [1.807, 2.05) is 73.7 Å². The summed E-state index contributed by atoms with van der Waals surface area (Å²) in [7, 11) is 3.83. The Bertz CT molecular complexity index is 2700. The van der Waals surface area contributed by atoms with Crippen molar-refractivity contribution in [3.63, 3.8) is 0 Å². The summed E-state index contributed by atoms with van der Waals surface area (Å²) in [6, 6.07) is 26.2. The Hall–Kier alpha value is -8.20. The van der Waals surface area contributed by atoms with Crippen molar-refractivity contribution in [3.8, 4) is 12.0 Å². The van der Waals surface area contributed by atoms with E-state index >= 15 is 0 Å². The number of aryl methyl sites for hydroxylation is 2. The Morgan fingerprint density at radius 1 is 0.717 bits per heavy atom. The highest BCUT2D eigenvalue weighted by molar-refractivity contribution is 6.39. The molecule has 21 nitrogen and oxygen atoms in total. The van der Waals surface area contributed by atoms with Gasteiger partial charge in [0.05, 0.1) is 20.6 Å². The van der Waals surface area contributed by atoms with Gasteiger partial charge in [0.25, 0.3) is 0 Å². The lowest BCUT2D eigenvalue weighted by Gasteiger charge is -1.99. The van der Waals surface area contributed by atoms with Crippen LogP contribution < -0.4 is 11.3 Å². The van der Waals surface area contributed by atoms with Crippen LogP contribution in [0.1, 0.15) is 45.7 Å². The number of carboxylic acids is 1. The van der Waals surface area contributed by atoms with E-state index in [4.69, 9.17) is 24.2 Å². The predicted molar refractivity (Wildman–Crippen MR) is 214 cm³/mol. The Morgan fingerprint density at radius 2 is 1.18 bits per heavy atom. The number of nitrogens with zero attached hydrogens (tertiary/aromatic N) is 8. The molecule has 5 heterocycles. The van der Waals surface area contributed by atoms with E-state index in [2.05, 4.69) is 50.0 Å². The molecule has 0 atom stereocenters. The molecule has 0 aliphatic heterocycles. The van der Waals surface area contributed by atoms with Crippen LogP contribution in [-0.2, 0) is 23.9 Å². The molecular weight excluding hydrogens is 784 g/mol. The lowest BCUT2D eigenvalue weighted by atomic mass is 10.2. The molecule has 0 saturated heterocycles. The van der Waals surface area contributed by atoms with Gasteiger partial charge in [0, 0.05) is 11.4 Å². The maximum atomic E-state index is 11.4. The van der Waals surface area contributed by atoms with E-state index in [1.54, 1.807) is 19.1 Å². The lowest BCUT2D eigenvalue weighted by molar-refractivity contribution is -0.133. The van der Waals surface area contributed by atoms with E-state index in [-0.39, 0.29) is 35.3 Å². The number of carboxylic acid groups (broad SMARTS) is 1. The largest absolute Gasteiger partial charge is 0.476 e. The average molecular weight is 823 g/mol. The highest BCUT2D eigenvalue weighted by Gasteiger charge is 2.18. The summed E-state index contributed by atoms with van der Waals surface area (Å²) in [5, 5.41) is 20.3. The molecule has 0 aliphatic rings. The van der Waals surface area contributed by atoms with Gasteiger partial charge in [0.2, 0.25) is 0 Å². The number of nitrogens with two attached hydrogens (primary N) is 1. The van der Waals surface area contributed by atoms with Crippen LogP contribution in [0.5, 0.6) is 0 Å². The summed E-state index contributed by atoms with van der Waals surface area (Å²) < 4.78 is 28.1. The molecule has 0 bridgehead atoms. The number of hydrogen-bond donors (Lipinski definition) is 3. The van der Waals surface area contributed by atoms with Crippen molar-refractivity contribution < 1.29 is 51.8 Å². The number of hydrazine groups is 1. The minimum atomic E-state index is -1.08. The van der Waals surface area contributed by atoms with Gasteiger partial charge in [-0.2, -0.15) is 34.5 Å². The van der Waals surface area contributed by atoms with E-state index in [0.717, 1.165) is 22.3 Å². The fourth-order valence-electron chi connectivity index (χ4n) is 5.09. The van der Waals surface area contributed by atoms with Crippen LogP contribution in [0.2, 0.25) is 0 Å².